The minimum absolute atomic E-state index is 0.0396. The topological polar surface area (TPSA) is 96.9 Å². The molecule has 3 rings (SSSR count). The number of aryl methyl sites for hydroxylation is 1. The molecule has 0 spiro atoms. The van der Waals surface area contributed by atoms with Crippen LogP contribution in [-0.2, 0) is 14.8 Å². The molecule has 0 saturated carbocycles. The van der Waals surface area contributed by atoms with Crippen molar-refractivity contribution in [1.82, 2.24) is 4.83 Å². The van der Waals surface area contributed by atoms with Crippen molar-refractivity contribution in [2.75, 3.05) is 12.4 Å². The van der Waals surface area contributed by atoms with E-state index in [1.165, 1.54) is 19.2 Å². The SMILES string of the molecule is COc1ccc(Cl)c2c1NC(=O)C2=NNS(=O)(=O)c1ccc(C)cc1. The van der Waals surface area contributed by atoms with Crippen LogP contribution in [0.25, 0.3) is 0 Å². The number of amides is 1. The highest BCUT2D eigenvalue weighted by Crippen LogP contribution is 2.38. The van der Waals surface area contributed by atoms with Gasteiger partial charge in [-0.25, -0.2) is 0 Å². The van der Waals surface area contributed by atoms with Crippen molar-refractivity contribution in [2.45, 2.75) is 11.8 Å². The van der Waals surface area contributed by atoms with Gasteiger partial charge in [-0.15, -0.1) is 0 Å². The van der Waals surface area contributed by atoms with E-state index in [0.717, 1.165) is 5.56 Å². The van der Waals surface area contributed by atoms with Gasteiger partial charge in [-0.1, -0.05) is 29.3 Å². The number of ether oxygens (including phenoxy) is 1. The van der Waals surface area contributed by atoms with Gasteiger partial charge >= 0.3 is 0 Å². The lowest BCUT2D eigenvalue weighted by atomic mass is 10.1. The summed E-state index contributed by atoms with van der Waals surface area (Å²) in [7, 11) is -2.46. The second-order valence-corrected chi connectivity index (χ2v) is 7.39. The van der Waals surface area contributed by atoms with Crippen LogP contribution in [-0.4, -0.2) is 27.1 Å². The Hall–Kier alpha value is -2.58. The predicted molar refractivity (Wildman–Crippen MR) is 94.7 cm³/mol. The van der Waals surface area contributed by atoms with Gasteiger partial charge in [0.05, 0.1) is 28.3 Å². The molecule has 0 aromatic heterocycles. The van der Waals surface area contributed by atoms with Crippen LogP contribution in [0.4, 0.5) is 5.69 Å². The number of nitrogens with zero attached hydrogens (tertiary/aromatic N) is 1. The van der Waals surface area contributed by atoms with Gasteiger partial charge in [0.25, 0.3) is 15.9 Å². The van der Waals surface area contributed by atoms with Crippen LogP contribution < -0.4 is 14.9 Å². The van der Waals surface area contributed by atoms with Gasteiger partial charge < -0.3 is 10.1 Å². The lowest BCUT2D eigenvalue weighted by molar-refractivity contribution is -0.110. The first-order valence-electron chi connectivity index (χ1n) is 7.18. The van der Waals surface area contributed by atoms with Crippen LogP contribution >= 0.6 is 11.6 Å². The molecule has 0 bridgehead atoms. The summed E-state index contributed by atoms with van der Waals surface area (Å²) in [6, 6.07) is 9.39. The molecule has 9 heteroatoms. The summed E-state index contributed by atoms with van der Waals surface area (Å²) in [6.45, 7) is 1.85. The number of sulfonamides is 1. The third-order valence-electron chi connectivity index (χ3n) is 3.64. The summed E-state index contributed by atoms with van der Waals surface area (Å²) >= 11 is 6.14. The molecule has 1 heterocycles. The van der Waals surface area contributed by atoms with E-state index in [2.05, 4.69) is 15.2 Å². The van der Waals surface area contributed by atoms with E-state index in [-0.39, 0.29) is 21.2 Å². The van der Waals surface area contributed by atoms with Crippen molar-refractivity contribution >= 4 is 38.9 Å². The van der Waals surface area contributed by atoms with Gasteiger partial charge in [0.15, 0.2) is 5.71 Å². The van der Waals surface area contributed by atoms with Crippen molar-refractivity contribution in [2.24, 2.45) is 5.10 Å². The number of fused-ring (bicyclic) bond motifs is 1. The van der Waals surface area contributed by atoms with E-state index in [0.29, 0.717) is 11.4 Å². The van der Waals surface area contributed by atoms with Crippen molar-refractivity contribution in [3.05, 3.63) is 52.5 Å². The van der Waals surface area contributed by atoms with E-state index < -0.39 is 15.9 Å². The van der Waals surface area contributed by atoms with E-state index >= 15 is 0 Å². The maximum absolute atomic E-state index is 12.3. The standard InChI is InChI=1S/C16H14ClN3O4S/c1-9-3-5-10(6-4-9)25(22,23)20-19-15-13-11(17)7-8-12(24-2)14(13)18-16(15)21/h3-8,20H,1-2H3,(H,18,19,21). The normalized spacial score (nSPS) is 15.0. The molecule has 1 amide bonds. The van der Waals surface area contributed by atoms with Crippen LogP contribution in [0.1, 0.15) is 11.1 Å². The van der Waals surface area contributed by atoms with Gasteiger partial charge in [-0.05, 0) is 31.2 Å². The number of halogens is 1. The van der Waals surface area contributed by atoms with Crippen LogP contribution in [0.3, 0.4) is 0 Å². The summed E-state index contributed by atoms with van der Waals surface area (Å²) in [5.74, 6) is -0.174. The van der Waals surface area contributed by atoms with Gasteiger partial charge in [0, 0.05) is 0 Å². The van der Waals surface area contributed by atoms with E-state index in [1.54, 1.807) is 24.3 Å². The van der Waals surface area contributed by atoms with E-state index in [4.69, 9.17) is 16.3 Å². The summed E-state index contributed by atoms with van der Waals surface area (Å²) in [5, 5.41) is 6.61. The predicted octanol–water partition coefficient (Wildman–Crippen LogP) is 2.29. The fourth-order valence-electron chi connectivity index (χ4n) is 2.35. The fraction of sp³-hybridized carbons (Fsp3) is 0.125. The molecule has 0 unspecified atom stereocenters. The van der Waals surface area contributed by atoms with Crippen molar-refractivity contribution < 1.29 is 17.9 Å². The number of nitrogens with one attached hydrogen (secondary N) is 2. The second kappa shape index (κ2) is 6.38. The largest absolute Gasteiger partial charge is 0.495 e. The molecule has 0 atom stereocenters. The number of hydrogen-bond donors (Lipinski definition) is 2. The first kappa shape index (κ1) is 17.2. The van der Waals surface area contributed by atoms with Crippen LogP contribution in [0.15, 0.2) is 46.4 Å². The molecule has 0 saturated heterocycles. The minimum atomic E-state index is -3.91. The van der Waals surface area contributed by atoms with Crippen LogP contribution in [0.5, 0.6) is 5.75 Å². The smallest absolute Gasteiger partial charge is 0.277 e. The number of hydrogen-bond acceptors (Lipinski definition) is 5. The number of benzene rings is 2. The second-order valence-electron chi connectivity index (χ2n) is 5.32. The Morgan fingerprint density at radius 2 is 1.84 bits per heavy atom. The molecule has 2 aromatic carbocycles. The quantitative estimate of drug-likeness (QED) is 0.796. The fourth-order valence-corrected chi connectivity index (χ4v) is 3.41. The zero-order valence-corrected chi connectivity index (χ0v) is 14.9. The van der Waals surface area contributed by atoms with E-state index in [9.17, 15) is 13.2 Å². The highest BCUT2D eigenvalue weighted by Gasteiger charge is 2.32. The van der Waals surface area contributed by atoms with Gasteiger partial charge in [0.1, 0.15) is 5.75 Å². The lowest BCUT2D eigenvalue weighted by Crippen LogP contribution is -2.23. The lowest BCUT2D eigenvalue weighted by Gasteiger charge is -2.07. The first-order valence-corrected chi connectivity index (χ1v) is 9.04. The Kier molecular flexibility index (Phi) is 4.40. The van der Waals surface area contributed by atoms with Gasteiger partial charge in [0.2, 0.25) is 0 Å². The zero-order valence-electron chi connectivity index (χ0n) is 13.3. The molecule has 130 valence electrons. The molecular weight excluding hydrogens is 366 g/mol. The maximum atomic E-state index is 12.3. The minimum Gasteiger partial charge on any atom is -0.495 e. The average molecular weight is 380 g/mol. The Balaban J connectivity index is 1.98. The summed E-state index contributed by atoms with van der Waals surface area (Å²) in [5.41, 5.74) is 1.44. The molecule has 1 aliphatic rings. The van der Waals surface area contributed by atoms with E-state index in [1.807, 2.05) is 6.92 Å². The molecule has 2 N–H and O–H groups in total. The monoisotopic (exact) mass is 379 g/mol. The van der Waals surface area contributed by atoms with Crippen molar-refractivity contribution in [1.29, 1.82) is 0 Å². The Morgan fingerprint density at radius 3 is 2.48 bits per heavy atom. The Labute approximate surface area is 149 Å². The number of carbonyl (C=O) groups is 1. The molecule has 2 aromatic rings. The maximum Gasteiger partial charge on any atom is 0.277 e. The van der Waals surface area contributed by atoms with Crippen LogP contribution in [0, 0.1) is 6.92 Å². The summed E-state index contributed by atoms with van der Waals surface area (Å²) in [6.07, 6.45) is 0. The number of methoxy groups -OCH3 is 1. The molecule has 1 aliphatic heterocycles. The Bertz CT molecular complexity index is 985. The number of carbonyl (C=O) groups excluding carboxylic acids is 1. The first-order chi connectivity index (χ1) is 11.8. The molecule has 7 nitrogen and oxygen atoms in total. The molecule has 0 aliphatic carbocycles. The van der Waals surface area contributed by atoms with Crippen molar-refractivity contribution in [3.8, 4) is 5.75 Å². The number of anilines is 1. The zero-order chi connectivity index (χ0) is 18.2. The number of rotatable bonds is 4. The molecule has 0 radical (unpaired) electrons. The third kappa shape index (κ3) is 3.18. The summed E-state index contributed by atoms with van der Waals surface area (Å²) in [4.78, 5) is 14.3. The third-order valence-corrected chi connectivity index (χ3v) is 5.17. The highest BCUT2D eigenvalue weighted by atomic mass is 35.5. The highest BCUT2D eigenvalue weighted by molar-refractivity contribution is 7.89. The van der Waals surface area contributed by atoms with Crippen molar-refractivity contribution in [3.63, 3.8) is 0 Å². The molecular formula is C16H14ClN3O4S. The summed E-state index contributed by atoms with van der Waals surface area (Å²) < 4.78 is 29.8. The van der Waals surface area contributed by atoms with Gasteiger partial charge in [-0.3, -0.25) is 4.79 Å². The molecule has 25 heavy (non-hydrogen) atoms. The molecule has 0 fully saturated rings. The average Bonchev–Trinajstić information content (AvgIpc) is 2.91. The van der Waals surface area contributed by atoms with Crippen LogP contribution in [0.2, 0.25) is 5.02 Å². The number of hydrazone groups is 1. The Morgan fingerprint density at radius 1 is 1.16 bits per heavy atom. The van der Waals surface area contributed by atoms with Gasteiger partial charge in [-0.2, -0.15) is 18.4 Å².